The smallest absolute Gasteiger partial charge is 0.336 e. The first-order chi connectivity index (χ1) is 9.01. The molecule has 0 spiro atoms. The van der Waals surface area contributed by atoms with E-state index in [2.05, 4.69) is 18.4 Å². The molecule has 1 aromatic heterocycles. The lowest BCUT2D eigenvalue weighted by atomic mass is 10.0. The van der Waals surface area contributed by atoms with Crippen LogP contribution in [0.1, 0.15) is 34.1 Å². The molecule has 0 atom stereocenters. The van der Waals surface area contributed by atoms with Gasteiger partial charge in [-0.3, -0.25) is 0 Å². The van der Waals surface area contributed by atoms with Crippen molar-refractivity contribution >= 4 is 16.9 Å². The Morgan fingerprint density at radius 1 is 1.37 bits per heavy atom. The molecule has 19 heavy (non-hydrogen) atoms. The normalized spacial score (nSPS) is 11.2. The van der Waals surface area contributed by atoms with Crippen molar-refractivity contribution in [3.05, 3.63) is 34.5 Å². The number of carbonyl (C=O) groups is 1. The lowest BCUT2D eigenvalue weighted by Gasteiger charge is -2.07. The van der Waals surface area contributed by atoms with E-state index < -0.39 is 5.97 Å². The maximum atomic E-state index is 11.3. The van der Waals surface area contributed by atoms with Crippen molar-refractivity contribution in [1.29, 1.82) is 0 Å². The van der Waals surface area contributed by atoms with Gasteiger partial charge >= 0.3 is 5.97 Å². The fraction of sp³-hybridized carbons (Fsp3) is 0.400. The molecule has 0 radical (unpaired) electrons. The van der Waals surface area contributed by atoms with E-state index in [0.29, 0.717) is 18.7 Å². The van der Waals surface area contributed by atoms with Gasteiger partial charge in [-0.05, 0) is 43.5 Å². The standard InChI is InChI=1S/C15H20N2O2/c1-4-11-10(3)17(6-5-16)14-8-12(15(18)19)9(2)7-13(11)14/h7-8H,4-6,16H2,1-3H3,(H,18,19). The summed E-state index contributed by atoms with van der Waals surface area (Å²) in [7, 11) is 0. The van der Waals surface area contributed by atoms with Crippen molar-refractivity contribution < 1.29 is 9.90 Å². The maximum Gasteiger partial charge on any atom is 0.336 e. The molecule has 1 aromatic carbocycles. The minimum atomic E-state index is -0.879. The van der Waals surface area contributed by atoms with Gasteiger partial charge < -0.3 is 15.4 Å². The Morgan fingerprint density at radius 3 is 2.58 bits per heavy atom. The van der Waals surface area contributed by atoms with E-state index >= 15 is 0 Å². The van der Waals surface area contributed by atoms with Crippen LogP contribution in [0.15, 0.2) is 12.1 Å². The number of hydrogen-bond acceptors (Lipinski definition) is 2. The second-order valence-electron chi connectivity index (χ2n) is 4.85. The summed E-state index contributed by atoms with van der Waals surface area (Å²) in [6.45, 7) is 7.30. The molecule has 0 aliphatic carbocycles. The largest absolute Gasteiger partial charge is 0.478 e. The SMILES string of the molecule is CCc1c(C)n(CCN)c2cc(C(=O)O)c(C)cc12. The van der Waals surface area contributed by atoms with Crippen LogP contribution in [0.25, 0.3) is 10.9 Å². The third-order valence-electron chi connectivity index (χ3n) is 3.74. The number of nitrogens with two attached hydrogens (primary N) is 1. The number of aryl methyl sites for hydroxylation is 2. The van der Waals surface area contributed by atoms with E-state index in [-0.39, 0.29) is 0 Å². The van der Waals surface area contributed by atoms with Crippen LogP contribution in [-0.2, 0) is 13.0 Å². The molecule has 4 heteroatoms. The average Bonchev–Trinajstić information content (AvgIpc) is 2.61. The van der Waals surface area contributed by atoms with Crippen LogP contribution in [0.4, 0.5) is 0 Å². The van der Waals surface area contributed by atoms with Crippen LogP contribution in [0.2, 0.25) is 0 Å². The highest BCUT2D eigenvalue weighted by Crippen LogP contribution is 2.29. The summed E-state index contributed by atoms with van der Waals surface area (Å²) in [6.07, 6.45) is 0.936. The zero-order chi connectivity index (χ0) is 14.2. The van der Waals surface area contributed by atoms with Gasteiger partial charge in [0.1, 0.15) is 0 Å². The Morgan fingerprint density at radius 2 is 2.05 bits per heavy atom. The van der Waals surface area contributed by atoms with E-state index in [4.69, 9.17) is 5.73 Å². The van der Waals surface area contributed by atoms with Crippen LogP contribution >= 0.6 is 0 Å². The number of rotatable bonds is 4. The molecule has 2 rings (SSSR count). The fourth-order valence-corrected chi connectivity index (χ4v) is 2.79. The highest BCUT2D eigenvalue weighted by molar-refractivity contribution is 5.96. The predicted octanol–water partition coefficient (Wildman–Crippen LogP) is 2.48. The summed E-state index contributed by atoms with van der Waals surface area (Å²) in [5.74, 6) is -0.879. The Balaban J connectivity index is 2.82. The Labute approximate surface area is 112 Å². The first-order valence-electron chi connectivity index (χ1n) is 6.56. The zero-order valence-corrected chi connectivity index (χ0v) is 11.7. The van der Waals surface area contributed by atoms with E-state index in [9.17, 15) is 9.90 Å². The van der Waals surface area contributed by atoms with Crippen LogP contribution < -0.4 is 5.73 Å². The number of aromatic nitrogens is 1. The van der Waals surface area contributed by atoms with Crippen molar-refractivity contribution in [2.24, 2.45) is 5.73 Å². The summed E-state index contributed by atoms with van der Waals surface area (Å²) < 4.78 is 2.13. The van der Waals surface area contributed by atoms with Crippen molar-refractivity contribution in [3.8, 4) is 0 Å². The summed E-state index contributed by atoms with van der Waals surface area (Å²) in [6, 6.07) is 3.76. The summed E-state index contributed by atoms with van der Waals surface area (Å²) in [5.41, 5.74) is 10.3. The first kappa shape index (κ1) is 13.6. The fourth-order valence-electron chi connectivity index (χ4n) is 2.79. The molecule has 1 heterocycles. The highest BCUT2D eigenvalue weighted by atomic mass is 16.4. The Kier molecular flexibility index (Phi) is 3.62. The first-order valence-corrected chi connectivity index (χ1v) is 6.56. The van der Waals surface area contributed by atoms with E-state index in [1.165, 1.54) is 11.3 Å². The van der Waals surface area contributed by atoms with Gasteiger partial charge in [0.2, 0.25) is 0 Å². The van der Waals surface area contributed by atoms with E-state index in [0.717, 1.165) is 22.9 Å². The van der Waals surface area contributed by atoms with Gasteiger partial charge in [0.05, 0.1) is 5.56 Å². The molecule has 0 bridgehead atoms. The number of carboxylic acids is 1. The molecule has 0 saturated heterocycles. The second-order valence-corrected chi connectivity index (χ2v) is 4.85. The molecule has 2 aromatic rings. The highest BCUT2D eigenvalue weighted by Gasteiger charge is 2.16. The number of aromatic carboxylic acids is 1. The van der Waals surface area contributed by atoms with Crippen molar-refractivity contribution in [3.63, 3.8) is 0 Å². The van der Waals surface area contributed by atoms with Gasteiger partial charge in [0.15, 0.2) is 0 Å². The summed E-state index contributed by atoms with van der Waals surface area (Å²) in [4.78, 5) is 11.3. The summed E-state index contributed by atoms with van der Waals surface area (Å²) in [5, 5.41) is 10.4. The topological polar surface area (TPSA) is 68.2 Å². The molecule has 0 fully saturated rings. The van der Waals surface area contributed by atoms with Gasteiger partial charge in [0, 0.05) is 29.7 Å². The number of nitrogens with zero attached hydrogens (tertiary/aromatic N) is 1. The van der Waals surface area contributed by atoms with Crippen LogP contribution in [-0.4, -0.2) is 22.2 Å². The summed E-state index contributed by atoms with van der Waals surface area (Å²) >= 11 is 0. The lowest BCUT2D eigenvalue weighted by Crippen LogP contribution is -2.11. The van der Waals surface area contributed by atoms with Gasteiger partial charge in [0.25, 0.3) is 0 Å². The lowest BCUT2D eigenvalue weighted by molar-refractivity contribution is 0.0696. The molecule has 102 valence electrons. The second kappa shape index (κ2) is 5.05. The number of fused-ring (bicyclic) bond motifs is 1. The molecule has 4 nitrogen and oxygen atoms in total. The molecule has 0 saturated carbocycles. The van der Waals surface area contributed by atoms with Gasteiger partial charge in [-0.15, -0.1) is 0 Å². The minimum Gasteiger partial charge on any atom is -0.478 e. The zero-order valence-electron chi connectivity index (χ0n) is 11.7. The monoisotopic (exact) mass is 260 g/mol. The molecular weight excluding hydrogens is 240 g/mol. The number of carboxylic acid groups (broad SMARTS) is 1. The number of benzene rings is 1. The Bertz CT molecular complexity index is 641. The van der Waals surface area contributed by atoms with Gasteiger partial charge in [-0.1, -0.05) is 6.92 Å². The third-order valence-corrected chi connectivity index (χ3v) is 3.74. The predicted molar refractivity (Wildman–Crippen MR) is 76.8 cm³/mol. The van der Waals surface area contributed by atoms with Crippen LogP contribution in [0.5, 0.6) is 0 Å². The minimum absolute atomic E-state index is 0.367. The van der Waals surface area contributed by atoms with E-state index in [1.807, 2.05) is 13.0 Å². The Hall–Kier alpha value is -1.81. The number of hydrogen-bond donors (Lipinski definition) is 2. The van der Waals surface area contributed by atoms with Crippen molar-refractivity contribution in [2.75, 3.05) is 6.54 Å². The third kappa shape index (κ3) is 2.12. The molecule has 0 aliphatic rings. The van der Waals surface area contributed by atoms with Crippen molar-refractivity contribution in [1.82, 2.24) is 4.57 Å². The molecule has 3 N–H and O–H groups in total. The van der Waals surface area contributed by atoms with E-state index in [1.54, 1.807) is 6.07 Å². The molecular formula is C15H20N2O2. The average molecular weight is 260 g/mol. The van der Waals surface area contributed by atoms with Gasteiger partial charge in [-0.2, -0.15) is 0 Å². The maximum absolute atomic E-state index is 11.3. The van der Waals surface area contributed by atoms with Gasteiger partial charge in [-0.25, -0.2) is 4.79 Å². The quantitative estimate of drug-likeness (QED) is 0.887. The molecule has 0 aliphatic heterocycles. The van der Waals surface area contributed by atoms with Crippen LogP contribution in [0.3, 0.4) is 0 Å². The molecule has 0 unspecified atom stereocenters. The molecule has 0 amide bonds. The van der Waals surface area contributed by atoms with Crippen LogP contribution in [0, 0.1) is 13.8 Å². The van der Waals surface area contributed by atoms with Crippen molar-refractivity contribution in [2.45, 2.75) is 33.7 Å².